The van der Waals surface area contributed by atoms with Gasteiger partial charge in [0.15, 0.2) is 0 Å². The molecule has 0 aromatic rings. The zero-order valence-corrected chi connectivity index (χ0v) is 11.4. The Balaban J connectivity index is 1.43. The van der Waals surface area contributed by atoms with Gasteiger partial charge in [0.25, 0.3) is 0 Å². The van der Waals surface area contributed by atoms with Gasteiger partial charge in [0.05, 0.1) is 6.54 Å². The molecule has 3 atom stereocenters. The van der Waals surface area contributed by atoms with E-state index < -0.39 is 0 Å². The summed E-state index contributed by atoms with van der Waals surface area (Å²) in [6.45, 7) is 2.54. The number of hydrogen-bond donors (Lipinski definition) is 1. The average molecular weight is 250 g/mol. The summed E-state index contributed by atoms with van der Waals surface area (Å²) in [6.07, 6.45) is 10.5. The van der Waals surface area contributed by atoms with E-state index in [2.05, 4.69) is 10.2 Å². The van der Waals surface area contributed by atoms with Gasteiger partial charge in [-0.25, -0.2) is 0 Å². The standard InChI is InChI=1S/C15H26N2O/c18-15(17-7-3-1-2-4-8-17)11-16-14-10-12-5-6-13(14)9-12/h12-14,16H,1-11H2. The van der Waals surface area contributed by atoms with Crippen molar-refractivity contribution in [3.63, 3.8) is 0 Å². The molecule has 1 saturated heterocycles. The minimum Gasteiger partial charge on any atom is -0.342 e. The van der Waals surface area contributed by atoms with E-state index in [1.807, 2.05) is 0 Å². The first-order valence-corrected chi connectivity index (χ1v) is 7.84. The second-order valence-corrected chi connectivity index (χ2v) is 6.46. The van der Waals surface area contributed by atoms with Gasteiger partial charge in [-0.1, -0.05) is 19.3 Å². The normalized spacial score (nSPS) is 35.8. The predicted octanol–water partition coefficient (Wildman–Crippen LogP) is 2.17. The highest BCUT2D eigenvalue weighted by atomic mass is 16.2. The summed E-state index contributed by atoms with van der Waals surface area (Å²) in [5, 5.41) is 3.54. The first-order chi connectivity index (χ1) is 8.83. The van der Waals surface area contributed by atoms with Crippen molar-refractivity contribution in [2.75, 3.05) is 19.6 Å². The van der Waals surface area contributed by atoms with E-state index in [0.717, 1.165) is 24.9 Å². The molecule has 1 N–H and O–H groups in total. The second-order valence-electron chi connectivity index (χ2n) is 6.46. The molecule has 0 aromatic carbocycles. The first-order valence-electron chi connectivity index (χ1n) is 7.84. The monoisotopic (exact) mass is 250 g/mol. The lowest BCUT2D eigenvalue weighted by atomic mass is 9.95. The van der Waals surface area contributed by atoms with Crippen LogP contribution in [0.1, 0.15) is 51.4 Å². The summed E-state index contributed by atoms with van der Waals surface area (Å²) in [5.74, 6) is 2.16. The fraction of sp³-hybridized carbons (Fsp3) is 0.933. The van der Waals surface area contributed by atoms with Crippen LogP contribution in [0.4, 0.5) is 0 Å². The average Bonchev–Trinajstić information content (AvgIpc) is 2.89. The van der Waals surface area contributed by atoms with Crippen LogP contribution < -0.4 is 5.32 Å². The van der Waals surface area contributed by atoms with E-state index in [-0.39, 0.29) is 0 Å². The van der Waals surface area contributed by atoms with Gasteiger partial charge in [-0.15, -0.1) is 0 Å². The van der Waals surface area contributed by atoms with Gasteiger partial charge in [-0.2, -0.15) is 0 Å². The molecule has 18 heavy (non-hydrogen) atoms. The van der Waals surface area contributed by atoms with Crippen LogP contribution in [0, 0.1) is 11.8 Å². The maximum absolute atomic E-state index is 12.2. The Hall–Kier alpha value is -0.570. The minimum absolute atomic E-state index is 0.333. The van der Waals surface area contributed by atoms with Crippen molar-refractivity contribution in [2.24, 2.45) is 11.8 Å². The number of carbonyl (C=O) groups excluding carboxylic acids is 1. The quantitative estimate of drug-likeness (QED) is 0.832. The van der Waals surface area contributed by atoms with Crippen molar-refractivity contribution in [1.29, 1.82) is 0 Å². The maximum Gasteiger partial charge on any atom is 0.236 e. The van der Waals surface area contributed by atoms with Crippen LogP contribution in [0.5, 0.6) is 0 Å². The number of likely N-dealkylation sites (tertiary alicyclic amines) is 1. The minimum atomic E-state index is 0.333. The molecule has 102 valence electrons. The molecule has 3 nitrogen and oxygen atoms in total. The summed E-state index contributed by atoms with van der Waals surface area (Å²) < 4.78 is 0. The molecular formula is C15H26N2O. The molecule has 0 radical (unpaired) electrons. The lowest BCUT2D eigenvalue weighted by Gasteiger charge is -2.25. The largest absolute Gasteiger partial charge is 0.342 e. The number of fused-ring (bicyclic) bond motifs is 2. The van der Waals surface area contributed by atoms with E-state index >= 15 is 0 Å². The van der Waals surface area contributed by atoms with Crippen molar-refractivity contribution in [3.05, 3.63) is 0 Å². The van der Waals surface area contributed by atoms with Crippen LogP contribution >= 0.6 is 0 Å². The zero-order valence-electron chi connectivity index (χ0n) is 11.4. The summed E-state index contributed by atoms with van der Waals surface area (Å²) in [5.41, 5.74) is 0. The molecule has 3 heteroatoms. The number of hydrogen-bond acceptors (Lipinski definition) is 2. The van der Waals surface area contributed by atoms with Crippen LogP contribution in [-0.2, 0) is 4.79 Å². The molecule has 3 rings (SSSR count). The molecule has 2 bridgehead atoms. The Morgan fingerprint density at radius 1 is 1.06 bits per heavy atom. The first kappa shape index (κ1) is 12.5. The summed E-state index contributed by atoms with van der Waals surface area (Å²) in [6, 6.07) is 0.639. The van der Waals surface area contributed by atoms with Crippen LogP contribution in [0.25, 0.3) is 0 Å². The lowest BCUT2D eigenvalue weighted by Crippen LogP contribution is -2.43. The Labute approximate surface area is 110 Å². The Kier molecular flexibility index (Phi) is 3.88. The number of nitrogens with one attached hydrogen (secondary N) is 1. The van der Waals surface area contributed by atoms with Gasteiger partial charge < -0.3 is 10.2 Å². The van der Waals surface area contributed by atoms with Crippen molar-refractivity contribution in [3.8, 4) is 0 Å². The summed E-state index contributed by atoms with van der Waals surface area (Å²) >= 11 is 0. The molecule has 1 aliphatic heterocycles. The van der Waals surface area contributed by atoms with E-state index in [1.165, 1.54) is 51.4 Å². The van der Waals surface area contributed by atoms with Crippen molar-refractivity contribution < 1.29 is 4.79 Å². The fourth-order valence-corrected chi connectivity index (χ4v) is 4.15. The van der Waals surface area contributed by atoms with Crippen LogP contribution in [0.3, 0.4) is 0 Å². The number of nitrogens with zero attached hydrogens (tertiary/aromatic N) is 1. The summed E-state index contributed by atoms with van der Waals surface area (Å²) in [7, 11) is 0. The highest BCUT2D eigenvalue weighted by Crippen LogP contribution is 2.44. The topological polar surface area (TPSA) is 32.3 Å². The zero-order chi connectivity index (χ0) is 12.4. The molecule has 3 fully saturated rings. The molecule has 3 unspecified atom stereocenters. The van der Waals surface area contributed by atoms with Gasteiger partial charge in [-0.05, 0) is 43.9 Å². The van der Waals surface area contributed by atoms with Crippen LogP contribution in [-0.4, -0.2) is 36.5 Å². The van der Waals surface area contributed by atoms with Crippen molar-refractivity contribution in [2.45, 2.75) is 57.4 Å². The Morgan fingerprint density at radius 2 is 1.83 bits per heavy atom. The highest BCUT2D eigenvalue weighted by molar-refractivity contribution is 5.78. The molecule has 0 aromatic heterocycles. The summed E-state index contributed by atoms with van der Waals surface area (Å²) in [4.78, 5) is 14.3. The lowest BCUT2D eigenvalue weighted by molar-refractivity contribution is -0.130. The van der Waals surface area contributed by atoms with E-state index in [4.69, 9.17) is 0 Å². The maximum atomic E-state index is 12.2. The Bertz CT molecular complexity index is 297. The molecule has 2 saturated carbocycles. The van der Waals surface area contributed by atoms with E-state index in [1.54, 1.807) is 0 Å². The highest BCUT2D eigenvalue weighted by Gasteiger charge is 2.39. The van der Waals surface area contributed by atoms with Gasteiger partial charge in [0.2, 0.25) is 5.91 Å². The number of rotatable bonds is 3. The SMILES string of the molecule is O=C(CNC1CC2CCC1C2)N1CCCCCC1. The third kappa shape index (κ3) is 2.71. The molecule has 3 aliphatic rings. The van der Waals surface area contributed by atoms with E-state index in [9.17, 15) is 4.79 Å². The second kappa shape index (κ2) is 5.60. The van der Waals surface area contributed by atoms with Gasteiger partial charge in [0.1, 0.15) is 0 Å². The predicted molar refractivity (Wildman–Crippen MR) is 72.3 cm³/mol. The molecule has 2 aliphatic carbocycles. The Morgan fingerprint density at radius 3 is 2.44 bits per heavy atom. The van der Waals surface area contributed by atoms with Gasteiger partial charge in [0, 0.05) is 19.1 Å². The molecule has 0 spiro atoms. The molecule has 1 amide bonds. The van der Waals surface area contributed by atoms with Crippen molar-refractivity contribution in [1.82, 2.24) is 10.2 Å². The third-order valence-electron chi connectivity index (χ3n) is 5.21. The smallest absolute Gasteiger partial charge is 0.236 e. The number of amides is 1. The van der Waals surface area contributed by atoms with Gasteiger partial charge >= 0.3 is 0 Å². The van der Waals surface area contributed by atoms with Gasteiger partial charge in [-0.3, -0.25) is 4.79 Å². The third-order valence-corrected chi connectivity index (χ3v) is 5.21. The van der Waals surface area contributed by atoms with Crippen LogP contribution in [0.2, 0.25) is 0 Å². The number of carbonyl (C=O) groups is 1. The van der Waals surface area contributed by atoms with E-state index in [0.29, 0.717) is 18.5 Å². The van der Waals surface area contributed by atoms with Crippen LogP contribution in [0.15, 0.2) is 0 Å². The molecule has 1 heterocycles. The fourth-order valence-electron chi connectivity index (χ4n) is 4.15. The molecular weight excluding hydrogens is 224 g/mol. The van der Waals surface area contributed by atoms with Crippen molar-refractivity contribution >= 4 is 5.91 Å².